The van der Waals surface area contributed by atoms with Gasteiger partial charge < -0.3 is 14.2 Å². The third-order valence-electron chi connectivity index (χ3n) is 16.4. The van der Waals surface area contributed by atoms with Crippen molar-refractivity contribution in [3.63, 3.8) is 0 Å². The van der Waals surface area contributed by atoms with Gasteiger partial charge in [0, 0.05) is 33.7 Å². The van der Waals surface area contributed by atoms with Gasteiger partial charge in [-0.2, -0.15) is 13.2 Å². The maximum atomic E-state index is 16.1. The first kappa shape index (κ1) is 43.9. The van der Waals surface area contributed by atoms with Crippen LogP contribution < -0.4 is 26.4 Å². The Hall–Kier alpha value is -5.69. The number of furan rings is 1. The summed E-state index contributed by atoms with van der Waals surface area (Å²) in [5.74, 6) is 0. The molecule has 2 aliphatic carbocycles. The van der Waals surface area contributed by atoms with Gasteiger partial charge in [-0.25, -0.2) is 0 Å². The second-order valence-corrected chi connectivity index (χ2v) is 23.8. The summed E-state index contributed by atoms with van der Waals surface area (Å²) < 4.78 is 55.5. The number of nitrogens with zero attached hydrogens (tertiary/aromatic N) is 2. The Balaban J connectivity index is 1.35. The zero-order chi connectivity index (χ0) is 47.5. The van der Waals surface area contributed by atoms with Crippen LogP contribution in [0.5, 0.6) is 0 Å². The van der Waals surface area contributed by atoms with Crippen LogP contribution in [0.2, 0.25) is 0 Å². The van der Waals surface area contributed by atoms with Crippen LogP contribution in [0.25, 0.3) is 22.1 Å². The molecule has 0 spiro atoms. The number of aryl methyl sites for hydroxylation is 1. The highest BCUT2D eigenvalue weighted by atomic mass is 19.4. The van der Waals surface area contributed by atoms with E-state index in [1.54, 1.807) is 0 Å². The zero-order valence-electron chi connectivity index (χ0n) is 41.2. The summed E-state index contributed by atoms with van der Waals surface area (Å²) in [6.07, 6.45) is -0.667. The molecule has 0 amide bonds. The Morgan fingerprint density at radius 2 is 1.13 bits per heavy atom. The summed E-state index contributed by atoms with van der Waals surface area (Å²) in [6.45, 7) is 26.8. The highest BCUT2D eigenvalue weighted by Crippen LogP contribution is 2.58. The van der Waals surface area contributed by atoms with Crippen molar-refractivity contribution in [2.75, 3.05) is 9.80 Å². The first-order valence-corrected chi connectivity index (χ1v) is 24.3. The number of anilines is 6. The molecule has 67 heavy (non-hydrogen) atoms. The van der Waals surface area contributed by atoms with E-state index in [1.807, 2.05) is 24.3 Å². The Kier molecular flexibility index (Phi) is 9.28. The topological polar surface area (TPSA) is 19.6 Å². The van der Waals surface area contributed by atoms with Crippen molar-refractivity contribution in [1.29, 1.82) is 0 Å². The van der Waals surface area contributed by atoms with E-state index in [2.05, 4.69) is 166 Å². The van der Waals surface area contributed by atoms with Crippen molar-refractivity contribution in [3.8, 4) is 11.1 Å². The standard InChI is InChI=1S/C60H62BF3N2O/c1-35-30-37(55(2,3)4)22-25-45(35)65-47-31-38(60(62,63)64)32-48-51(47)61(54-52(65)39-20-16-17-21-49(39)67-54)44-24-23-41-50(59(11,12)29-28-56(41,5)6)53(44)66(48)46-34-43-42(57(7,8)26-27-58(43,9)10)33-40(46)36-18-14-13-15-19-36/h13-25,30-34H,26-29H2,1-12H3. The zero-order valence-corrected chi connectivity index (χ0v) is 41.2. The molecule has 3 heterocycles. The summed E-state index contributed by atoms with van der Waals surface area (Å²) >= 11 is 0. The van der Waals surface area contributed by atoms with E-state index >= 15 is 13.2 Å². The van der Waals surface area contributed by atoms with Crippen molar-refractivity contribution < 1.29 is 17.6 Å². The summed E-state index contributed by atoms with van der Waals surface area (Å²) in [4.78, 5) is 4.39. The molecule has 2 aliphatic heterocycles. The van der Waals surface area contributed by atoms with Crippen molar-refractivity contribution in [2.24, 2.45) is 0 Å². The lowest BCUT2D eigenvalue weighted by atomic mass is 9.35. The number of halogens is 3. The number of alkyl halides is 3. The van der Waals surface area contributed by atoms with Crippen LogP contribution in [0.4, 0.5) is 47.3 Å². The van der Waals surface area contributed by atoms with Crippen LogP contribution in [0.15, 0.2) is 114 Å². The molecular weight excluding hydrogens is 832 g/mol. The number of fused-ring (bicyclic) bond motifs is 9. The quantitative estimate of drug-likeness (QED) is 0.165. The lowest BCUT2D eigenvalue weighted by Gasteiger charge is -2.50. The molecule has 0 N–H and O–H groups in total. The van der Waals surface area contributed by atoms with Crippen LogP contribution in [0, 0.1) is 6.92 Å². The van der Waals surface area contributed by atoms with E-state index < -0.39 is 18.5 Å². The fourth-order valence-electron chi connectivity index (χ4n) is 12.3. The van der Waals surface area contributed by atoms with Crippen LogP contribution >= 0.6 is 0 Å². The van der Waals surface area contributed by atoms with Crippen LogP contribution in [0.3, 0.4) is 0 Å². The van der Waals surface area contributed by atoms with Gasteiger partial charge in [-0.05, 0) is 152 Å². The fraction of sp³-hybridized carbons (Fsp3) is 0.367. The summed E-state index contributed by atoms with van der Waals surface area (Å²) in [6, 6.07) is 37.2. The minimum absolute atomic E-state index is 0.100. The number of rotatable bonds is 3. The average Bonchev–Trinajstić information content (AvgIpc) is 3.65. The van der Waals surface area contributed by atoms with Crippen molar-refractivity contribution in [3.05, 3.63) is 148 Å². The van der Waals surface area contributed by atoms with Gasteiger partial charge in [0.2, 0.25) is 0 Å². The van der Waals surface area contributed by atoms with Crippen LogP contribution in [-0.4, -0.2) is 6.71 Å². The van der Waals surface area contributed by atoms with E-state index in [4.69, 9.17) is 4.42 Å². The molecule has 3 nitrogen and oxygen atoms in total. The predicted molar refractivity (Wildman–Crippen MR) is 275 cm³/mol. The Labute approximate surface area is 395 Å². The Morgan fingerprint density at radius 1 is 0.552 bits per heavy atom. The minimum atomic E-state index is -4.65. The number of benzene rings is 6. The highest BCUT2D eigenvalue weighted by molar-refractivity contribution is 7.00. The van der Waals surface area contributed by atoms with E-state index in [1.165, 1.54) is 34.4 Å². The fourth-order valence-corrected chi connectivity index (χ4v) is 12.3. The second-order valence-electron chi connectivity index (χ2n) is 23.8. The SMILES string of the molecule is Cc1cc(C(C)(C)C)ccc1N1c2cc(C(F)(F)F)cc3c2B(c2ccc4c(c2N3c2cc3c(cc2-c2ccccc2)C(C)(C)CCC3(C)C)C(C)(C)CCC4(C)C)c2oc3ccccc3c21. The third kappa shape index (κ3) is 6.52. The Bertz CT molecular complexity index is 3200. The third-order valence-corrected chi connectivity index (χ3v) is 16.4. The van der Waals surface area contributed by atoms with Gasteiger partial charge in [0.1, 0.15) is 5.58 Å². The number of hydrogen-bond acceptors (Lipinski definition) is 3. The van der Waals surface area contributed by atoms with Gasteiger partial charge in [-0.3, -0.25) is 0 Å². The van der Waals surface area contributed by atoms with E-state index in [9.17, 15) is 0 Å². The Morgan fingerprint density at radius 3 is 1.76 bits per heavy atom. The lowest BCUT2D eigenvalue weighted by molar-refractivity contribution is -0.137. The first-order chi connectivity index (χ1) is 31.4. The second kappa shape index (κ2) is 14.2. The molecule has 0 fully saturated rings. The van der Waals surface area contributed by atoms with Crippen molar-refractivity contribution in [2.45, 2.75) is 142 Å². The molecule has 0 saturated heterocycles. The van der Waals surface area contributed by atoms with Crippen molar-refractivity contribution >= 4 is 68.4 Å². The smallest absolute Gasteiger partial charge is 0.416 e. The summed E-state index contributed by atoms with van der Waals surface area (Å²) in [5, 5.41) is 0.871. The minimum Gasteiger partial charge on any atom is -0.468 e. The number of para-hydroxylation sites is 1. The van der Waals surface area contributed by atoms with Gasteiger partial charge in [0.05, 0.1) is 22.6 Å². The van der Waals surface area contributed by atoms with E-state index in [0.29, 0.717) is 17.0 Å². The predicted octanol–water partition coefficient (Wildman–Crippen LogP) is 15.5. The largest absolute Gasteiger partial charge is 0.468 e. The molecule has 0 unspecified atom stereocenters. The molecular formula is C60H62BF3N2O. The molecule has 0 saturated carbocycles. The van der Waals surface area contributed by atoms with Gasteiger partial charge in [-0.15, -0.1) is 0 Å². The summed E-state index contributed by atoms with van der Waals surface area (Å²) in [5.41, 5.74) is 15.5. The number of hydrogen-bond donors (Lipinski definition) is 0. The normalized spacial score (nSPS) is 18.5. The molecule has 6 aromatic carbocycles. The molecule has 0 atom stereocenters. The van der Waals surface area contributed by atoms with Gasteiger partial charge in [-0.1, -0.05) is 143 Å². The van der Waals surface area contributed by atoms with Crippen molar-refractivity contribution in [1.82, 2.24) is 0 Å². The van der Waals surface area contributed by atoms with Crippen LogP contribution in [0.1, 0.15) is 141 Å². The maximum Gasteiger partial charge on any atom is 0.416 e. The molecule has 7 heteroatoms. The van der Waals surface area contributed by atoms with E-state index in [-0.39, 0.29) is 27.1 Å². The maximum absolute atomic E-state index is 16.1. The highest BCUT2D eigenvalue weighted by Gasteiger charge is 2.52. The molecule has 342 valence electrons. The average molecular weight is 895 g/mol. The van der Waals surface area contributed by atoms with Crippen LogP contribution in [-0.2, 0) is 33.3 Å². The molecule has 1 aromatic heterocycles. The van der Waals surface area contributed by atoms with Gasteiger partial charge >= 0.3 is 6.18 Å². The molecule has 4 aliphatic rings. The molecule has 7 aromatic rings. The molecule has 0 radical (unpaired) electrons. The first-order valence-electron chi connectivity index (χ1n) is 24.3. The van der Waals surface area contributed by atoms with Gasteiger partial charge in [0.25, 0.3) is 6.71 Å². The molecule has 11 rings (SSSR count). The lowest BCUT2D eigenvalue weighted by Crippen LogP contribution is -2.62. The van der Waals surface area contributed by atoms with Gasteiger partial charge in [0.15, 0.2) is 0 Å². The monoisotopic (exact) mass is 894 g/mol. The summed E-state index contributed by atoms with van der Waals surface area (Å²) in [7, 11) is 0. The van der Waals surface area contributed by atoms with E-state index in [0.717, 1.165) is 92.7 Å². The molecule has 0 bridgehead atoms.